The fraction of sp³-hybridized carbons (Fsp3) is 0.423. The second kappa shape index (κ2) is 22.7. The molecule has 0 fully saturated rings. The smallest absolute Gasteiger partial charge is 0.253 e. The predicted octanol–water partition coefficient (Wildman–Crippen LogP) is -0.269. The summed E-state index contributed by atoms with van der Waals surface area (Å²) in [6, 6.07) is 0. The van der Waals surface area contributed by atoms with E-state index in [0.717, 1.165) is 0 Å². The monoisotopic (exact) mass is 1350 g/mol. The summed E-state index contributed by atoms with van der Waals surface area (Å²) in [7, 11) is 0. The van der Waals surface area contributed by atoms with E-state index >= 15 is 0 Å². The van der Waals surface area contributed by atoms with Crippen LogP contribution in [-0.4, -0.2) is 122 Å². The van der Waals surface area contributed by atoms with Gasteiger partial charge in [-0.15, -0.1) is 0 Å². The van der Waals surface area contributed by atoms with Gasteiger partial charge in [0.1, 0.15) is 18.8 Å². The minimum absolute atomic E-state index is 0.106. The van der Waals surface area contributed by atoms with Gasteiger partial charge in [-0.25, -0.2) is 0 Å². The molecule has 0 saturated heterocycles. The lowest BCUT2D eigenvalue weighted by atomic mass is 10.0. The number of nitrogen functional groups attached to an aromatic ring is 1. The van der Waals surface area contributed by atoms with Crippen molar-refractivity contribution in [3.8, 4) is 0 Å². The molecule has 0 heterocycles. The Hall–Kier alpha value is 0.670. The van der Waals surface area contributed by atoms with E-state index in [1.54, 1.807) is 0 Å². The molecule has 0 bridgehead atoms. The molecule has 2 aromatic rings. The molecule has 0 aliphatic carbocycles. The Morgan fingerprint density at radius 3 is 1.35 bits per heavy atom. The van der Waals surface area contributed by atoms with Crippen molar-refractivity contribution in [1.29, 1.82) is 0 Å². The van der Waals surface area contributed by atoms with Gasteiger partial charge in [-0.1, -0.05) is 0 Å². The minimum Gasteiger partial charge on any atom is -0.397 e. The van der Waals surface area contributed by atoms with Gasteiger partial charge < -0.3 is 67.6 Å². The molecular weight excluding hydrogens is 1320 g/mol. The highest BCUT2D eigenvalue weighted by Crippen LogP contribution is 2.39. The fourth-order valence-corrected chi connectivity index (χ4v) is 12.6. The van der Waals surface area contributed by atoms with Gasteiger partial charge in [0.15, 0.2) is 0 Å². The van der Waals surface area contributed by atoms with Crippen LogP contribution in [0, 0.1) is 21.4 Å². The number of rotatable bonds is 14. The number of carbonyl (C=O) groups is 3. The summed E-state index contributed by atoms with van der Waals surface area (Å²) in [4.78, 5) is 36.5. The predicted molar refractivity (Wildman–Crippen MR) is 224 cm³/mol. The maximum Gasteiger partial charge on any atom is 0.253 e. The highest BCUT2D eigenvalue weighted by molar-refractivity contribution is 14.1. The van der Waals surface area contributed by atoms with E-state index in [2.05, 4.69) is 16.0 Å². The van der Waals surface area contributed by atoms with Crippen LogP contribution in [0.3, 0.4) is 0 Å². The molecule has 22 heteroatoms. The van der Waals surface area contributed by atoms with Gasteiger partial charge >= 0.3 is 0 Å². The van der Waals surface area contributed by atoms with Gasteiger partial charge in [-0.3, -0.25) is 14.4 Å². The van der Waals surface area contributed by atoms with Crippen molar-refractivity contribution >= 4 is 165 Å². The first-order valence-corrected chi connectivity index (χ1v) is 19.7. The molecule has 16 nitrogen and oxygen atoms in total. The summed E-state index contributed by atoms with van der Waals surface area (Å²) < 4.78 is 2.75. The molecule has 4 atom stereocenters. The summed E-state index contributed by atoms with van der Waals surface area (Å²) in [5.41, 5.74) is 7.61. The van der Waals surface area contributed by atoms with E-state index in [-0.39, 0.29) is 35.5 Å². The van der Waals surface area contributed by atoms with Crippen LogP contribution in [0.15, 0.2) is 0 Å². The summed E-state index contributed by atoms with van der Waals surface area (Å²) >= 11 is 11.4. The number of nitrogens with one attached hydrogen (secondary N) is 3. The van der Waals surface area contributed by atoms with Crippen molar-refractivity contribution in [2.45, 2.75) is 24.4 Å². The van der Waals surface area contributed by atoms with Crippen LogP contribution in [0.25, 0.3) is 0 Å². The van der Waals surface area contributed by atoms with Crippen LogP contribution in [0.5, 0.6) is 0 Å². The minimum atomic E-state index is -1.29. The van der Waals surface area contributed by atoms with Gasteiger partial charge in [0.2, 0.25) is 5.91 Å². The number of aliphatic hydroxyl groups is 9. The van der Waals surface area contributed by atoms with Crippen molar-refractivity contribution in [2.24, 2.45) is 0 Å². The second-order valence-electron chi connectivity index (χ2n) is 9.45. The molecule has 0 aromatic heterocycles. The van der Waals surface area contributed by atoms with E-state index in [4.69, 9.17) is 21.1 Å². The number of hydrogen-bond donors (Lipinski definition) is 13. The van der Waals surface area contributed by atoms with Crippen LogP contribution in [0.4, 0.5) is 11.4 Å². The number of nitrogens with two attached hydrogens (primary N) is 1. The largest absolute Gasteiger partial charge is 0.397 e. The number of benzene rings is 2. The molecule has 270 valence electrons. The van der Waals surface area contributed by atoms with Crippen LogP contribution >= 0.6 is 136 Å². The van der Waals surface area contributed by atoms with E-state index in [1.165, 1.54) is 0 Å². The molecule has 0 aliphatic heterocycles. The van der Waals surface area contributed by atoms with Crippen LogP contribution < -0.4 is 21.7 Å². The molecule has 0 saturated carbocycles. The third kappa shape index (κ3) is 12.4. The van der Waals surface area contributed by atoms with Crippen LogP contribution in [-0.2, 0) is 4.79 Å². The lowest BCUT2D eigenvalue weighted by Gasteiger charge is -2.22. The molecule has 48 heavy (non-hydrogen) atoms. The Balaban J connectivity index is 0.000000487. The molecule has 0 radical (unpaired) electrons. The van der Waals surface area contributed by atoms with Crippen molar-refractivity contribution in [3.05, 3.63) is 43.7 Å². The number of anilines is 2. The zero-order valence-electron chi connectivity index (χ0n) is 24.4. The first kappa shape index (κ1) is 46.7. The van der Waals surface area contributed by atoms with Gasteiger partial charge in [0, 0.05) is 38.5 Å². The van der Waals surface area contributed by atoms with Gasteiger partial charge in [-0.2, -0.15) is 0 Å². The van der Waals surface area contributed by atoms with Gasteiger partial charge in [-0.05, 0) is 136 Å². The molecule has 0 aliphatic rings. The average molecular weight is 1350 g/mol. The molecule has 3 amide bonds. The quantitative estimate of drug-likeness (QED) is 0.0858. The second-order valence-corrected chi connectivity index (χ2v) is 15.9. The highest BCUT2D eigenvalue weighted by atomic mass is 127. The summed E-state index contributed by atoms with van der Waals surface area (Å²) in [5, 5.41) is 91.3. The molecule has 2 aromatic carbocycles. The molecule has 2 rings (SSSR count). The third-order valence-electron chi connectivity index (χ3n) is 6.03. The molecule has 0 spiro atoms. The number of hydrogen-bond acceptors (Lipinski definition) is 13. The van der Waals surface area contributed by atoms with E-state index in [9.17, 15) is 45.0 Å². The van der Waals surface area contributed by atoms with Crippen molar-refractivity contribution < 1.29 is 60.3 Å². The van der Waals surface area contributed by atoms with Crippen LogP contribution in [0.2, 0.25) is 0 Å². The first-order valence-electron chi connectivity index (χ1n) is 13.2. The highest BCUT2D eigenvalue weighted by Gasteiger charge is 2.29. The Kier molecular flexibility index (Phi) is 22.1. The Morgan fingerprint density at radius 2 is 0.979 bits per heavy atom. The molecule has 4 unspecified atom stereocenters. The van der Waals surface area contributed by atoms with Crippen molar-refractivity contribution in [2.75, 3.05) is 57.2 Å². The summed E-state index contributed by atoms with van der Waals surface area (Å²) in [6.45, 7) is -3.12. The number of aliphatic hydroxyl groups excluding tert-OH is 9. The summed E-state index contributed by atoms with van der Waals surface area (Å²) in [6.07, 6.45) is -4.62. The van der Waals surface area contributed by atoms with Crippen LogP contribution in [0.1, 0.15) is 44.1 Å². The van der Waals surface area contributed by atoms with Gasteiger partial charge in [0.05, 0.1) is 68.3 Å². The topological polar surface area (TPSA) is 295 Å². The van der Waals surface area contributed by atoms with Crippen molar-refractivity contribution in [3.63, 3.8) is 0 Å². The zero-order valence-corrected chi connectivity index (χ0v) is 37.3. The van der Waals surface area contributed by atoms with Gasteiger partial charge in [0.25, 0.3) is 11.8 Å². The number of carbonyl (C=O) groups excluding carboxylic acids is 3. The SMILES string of the molecule is Nc1c(I)c(C(=O)NCC(O)CO)c(I)c(C(O)CO)c1I.O=C(CO)Nc1c(I)c(C(=O)NCC(O)CO)c(I)c(C(O)CO)c1I. The van der Waals surface area contributed by atoms with E-state index < -0.39 is 75.2 Å². The number of halogens is 6. The fourth-order valence-electron chi connectivity index (χ4n) is 3.57. The normalized spacial score (nSPS) is 13.5. The van der Waals surface area contributed by atoms with E-state index in [1.807, 2.05) is 136 Å². The third-order valence-corrected chi connectivity index (χ3v) is 12.8. The Morgan fingerprint density at radius 1 is 0.583 bits per heavy atom. The zero-order chi connectivity index (χ0) is 37.0. The van der Waals surface area contributed by atoms with E-state index in [0.29, 0.717) is 32.7 Å². The average Bonchev–Trinajstić information content (AvgIpc) is 3.06. The standard InChI is InChI=1S/C14H17I3N2O7.C12H15I3N2O5/c15-10-8(6(24)3-21)11(16)13(19-7(25)4-22)12(17)9(10)14(26)18-1-5(23)2-20;13-8-6(5(21)3-19)9(14)11(16)10(15)7(8)12(22)17-1-4(20)2-18/h5-6,20-24H,1-4H2,(H,18,26)(H,19,25);4-5,18-21H,1-3,16H2,(H,17,22). The number of amides is 3. The molecule has 14 N–H and O–H groups in total. The Bertz CT molecular complexity index is 1470. The maximum absolute atomic E-state index is 12.6. The lowest BCUT2D eigenvalue weighted by molar-refractivity contribution is -0.118. The molecular formula is C26H32I6N4O12. The first-order chi connectivity index (χ1) is 22.4. The maximum atomic E-state index is 12.6. The lowest BCUT2D eigenvalue weighted by Crippen LogP contribution is -2.35. The summed E-state index contributed by atoms with van der Waals surface area (Å²) in [5.74, 6) is -1.77. The Labute approximate surface area is 356 Å². The van der Waals surface area contributed by atoms with Crippen molar-refractivity contribution in [1.82, 2.24) is 10.6 Å².